The van der Waals surface area contributed by atoms with Crippen LogP contribution in [0.3, 0.4) is 0 Å². The lowest BCUT2D eigenvalue weighted by molar-refractivity contribution is -0.129. The molecule has 0 bridgehead atoms. The zero-order valence-electron chi connectivity index (χ0n) is 18.9. The van der Waals surface area contributed by atoms with Gasteiger partial charge in [-0.2, -0.15) is 5.10 Å². The van der Waals surface area contributed by atoms with Crippen LogP contribution in [0.2, 0.25) is 0 Å². The molecule has 1 aliphatic carbocycles. The van der Waals surface area contributed by atoms with Gasteiger partial charge in [0.25, 0.3) is 0 Å². The van der Waals surface area contributed by atoms with E-state index in [0.717, 1.165) is 22.7 Å². The fourth-order valence-electron chi connectivity index (χ4n) is 3.58. The minimum Gasteiger partial charge on any atom is -0.477 e. The van der Waals surface area contributed by atoms with Gasteiger partial charge in [-0.05, 0) is 61.0 Å². The van der Waals surface area contributed by atoms with Crippen molar-refractivity contribution in [1.82, 2.24) is 5.01 Å². The van der Waals surface area contributed by atoms with Crippen molar-refractivity contribution in [3.05, 3.63) is 106 Å². The Morgan fingerprint density at radius 1 is 1.09 bits per heavy atom. The molecule has 4 rings (SSSR count). The van der Waals surface area contributed by atoms with Crippen molar-refractivity contribution in [3.63, 3.8) is 0 Å². The van der Waals surface area contributed by atoms with Crippen molar-refractivity contribution in [2.24, 2.45) is 16.0 Å². The Bertz CT molecular complexity index is 1280. The van der Waals surface area contributed by atoms with Gasteiger partial charge in [0.05, 0.1) is 11.4 Å². The van der Waals surface area contributed by atoms with Gasteiger partial charge in [0.1, 0.15) is 23.9 Å². The van der Waals surface area contributed by atoms with Crippen LogP contribution in [0, 0.1) is 5.92 Å². The number of aliphatic carboxylic acids is 1. The van der Waals surface area contributed by atoms with Crippen molar-refractivity contribution in [2.45, 2.75) is 13.3 Å². The summed E-state index contributed by atoms with van der Waals surface area (Å²) >= 11 is 12.5. The number of aliphatic imine (C=N–C) groups is 1. The molecule has 2 aromatic carbocycles. The Morgan fingerprint density at radius 3 is 2.49 bits per heavy atom. The molecule has 2 aliphatic rings. The van der Waals surface area contributed by atoms with E-state index in [1.54, 1.807) is 24.1 Å². The molecule has 1 aliphatic heterocycles. The van der Waals surface area contributed by atoms with Crippen LogP contribution in [-0.4, -0.2) is 34.2 Å². The second-order valence-corrected chi connectivity index (χ2v) is 8.64. The molecule has 6 nitrogen and oxygen atoms in total. The van der Waals surface area contributed by atoms with Crippen LogP contribution in [-0.2, 0) is 4.79 Å². The molecule has 0 saturated heterocycles. The Hall–Kier alpha value is -3.61. The number of rotatable bonds is 7. The first kappa shape index (κ1) is 24.5. The molecule has 1 heterocycles. The van der Waals surface area contributed by atoms with E-state index >= 15 is 0 Å². The molecule has 178 valence electrons. The molecule has 35 heavy (non-hydrogen) atoms. The summed E-state index contributed by atoms with van der Waals surface area (Å²) in [4.78, 5) is 16.2. The maximum absolute atomic E-state index is 11.6. The zero-order valence-corrected chi connectivity index (χ0v) is 20.4. The topological polar surface area (TPSA) is 74.5 Å². The van der Waals surface area contributed by atoms with Crippen LogP contribution in [0.15, 0.2) is 111 Å². The van der Waals surface area contributed by atoms with Gasteiger partial charge in [-0.15, -0.1) is 0 Å². The molecule has 0 fully saturated rings. The highest BCUT2D eigenvalue weighted by Crippen LogP contribution is 2.30. The molecule has 0 saturated carbocycles. The Morgan fingerprint density at radius 2 is 1.80 bits per heavy atom. The van der Waals surface area contributed by atoms with E-state index < -0.39 is 5.97 Å². The largest absolute Gasteiger partial charge is 0.477 e. The summed E-state index contributed by atoms with van der Waals surface area (Å²) in [5, 5.41) is 16.4. The van der Waals surface area contributed by atoms with Gasteiger partial charge < -0.3 is 9.84 Å². The van der Waals surface area contributed by atoms with Crippen molar-refractivity contribution >= 4 is 40.6 Å². The third kappa shape index (κ3) is 6.29. The number of ether oxygens (including phenoxy) is 1. The normalized spacial score (nSPS) is 18.2. The Labute approximate surface area is 213 Å². The summed E-state index contributed by atoms with van der Waals surface area (Å²) in [6.45, 7) is 1.91. The molecule has 0 spiro atoms. The second-order valence-electron chi connectivity index (χ2n) is 7.76. The molecule has 1 atom stereocenters. The lowest BCUT2D eigenvalue weighted by Gasteiger charge is -2.28. The van der Waals surface area contributed by atoms with E-state index in [4.69, 9.17) is 27.9 Å². The van der Waals surface area contributed by atoms with Gasteiger partial charge in [0, 0.05) is 21.5 Å². The first-order valence-electron chi connectivity index (χ1n) is 11.0. The Kier molecular flexibility index (Phi) is 7.85. The average Bonchev–Trinajstić information content (AvgIpc) is 3.03. The number of carbonyl (C=O) groups is 1. The summed E-state index contributed by atoms with van der Waals surface area (Å²) in [6.07, 6.45) is 9.33. The average molecular weight is 508 g/mol. The third-order valence-electron chi connectivity index (χ3n) is 5.33. The highest BCUT2D eigenvalue weighted by atomic mass is 35.5. The maximum Gasteiger partial charge on any atom is 0.352 e. The van der Waals surface area contributed by atoms with Gasteiger partial charge in [-0.25, -0.2) is 9.80 Å². The number of hydrazone groups is 1. The first-order valence-corrected chi connectivity index (χ1v) is 11.8. The van der Waals surface area contributed by atoms with Gasteiger partial charge in [0.15, 0.2) is 0 Å². The smallest absolute Gasteiger partial charge is 0.352 e. The van der Waals surface area contributed by atoms with E-state index in [0.29, 0.717) is 15.8 Å². The van der Waals surface area contributed by atoms with Gasteiger partial charge >= 0.3 is 5.97 Å². The van der Waals surface area contributed by atoms with Crippen LogP contribution in [0.25, 0.3) is 0 Å². The number of nitrogens with zero attached hydrogens (tertiary/aromatic N) is 3. The summed E-state index contributed by atoms with van der Waals surface area (Å²) in [5.74, 6) is 0.123. The van der Waals surface area contributed by atoms with Crippen molar-refractivity contribution in [3.8, 4) is 11.5 Å². The van der Waals surface area contributed by atoms with Gasteiger partial charge in [-0.3, -0.25) is 4.99 Å². The summed E-state index contributed by atoms with van der Waals surface area (Å²) in [6, 6.07) is 17.2. The summed E-state index contributed by atoms with van der Waals surface area (Å²) < 4.78 is 5.88. The fraction of sp³-hybridized carbons (Fsp3) is 0.148. The van der Waals surface area contributed by atoms with E-state index in [1.165, 1.54) is 0 Å². The van der Waals surface area contributed by atoms with Crippen molar-refractivity contribution < 1.29 is 14.6 Å². The minimum atomic E-state index is -1.06. The van der Waals surface area contributed by atoms with Crippen LogP contribution < -0.4 is 4.74 Å². The van der Waals surface area contributed by atoms with E-state index in [2.05, 4.69) is 10.1 Å². The monoisotopic (exact) mass is 507 g/mol. The maximum atomic E-state index is 11.6. The number of para-hydroxylation sites is 1. The zero-order chi connectivity index (χ0) is 24.8. The number of halogens is 2. The Balaban J connectivity index is 1.65. The van der Waals surface area contributed by atoms with Gasteiger partial charge in [-0.1, -0.05) is 60.5 Å². The predicted octanol–water partition coefficient (Wildman–Crippen LogP) is 6.71. The molecular weight excluding hydrogens is 485 g/mol. The standard InChI is InChI=1S/C27H23Cl2N3O3/c1-2-24(27(33)34)31-32-17-30-25(16-26(32)19-8-11-20(28)15-21(29)14-19)18-9-12-23(13-10-18)35-22-6-4-3-5-7-22/h3-16,19H,2,17H2,1H3,(H,33,34)/b31-24+. The lowest BCUT2D eigenvalue weighted by Crippen LogP contribution is -2.29. The third-order valence-corrected chi connectivity index (χ3v) is 5.80. The molecule has 2 aromatic rings. The minimum absolute atomic E-state index is 0.0424. The number of hydrogen-bond donors (Lipinski definition) is 1. The number of hydrogen-bond acceptors (Lipinski definition) is 5. The number of allylic oxidation sites excluding steroid dienone is 6. The molecule has 1 N–H and O–H groups in total. The lowest BCUT2D eigenvalue weighted by atomic mass is 9.99. The van der Waals surface area contributed by atoms with E-state index in [1.807, 2.05) is 72.8 Å². The number of carboxylic acids is 1. The number of carboxylic acid groups (broad SMARTS) is 1. The first-order chi connectivity index (χ1) is 16.9. The van der Waals surface area contributed by atoms with Gasteiger partial charge in [0.2, 0.25) is 0 Å². The molecule has 8 heteroatoms. The van der Waals surface area contributed by atoms with E-state index in [-0.39, 0.29) is 24.7 Å². The molecule has 0 aromatic heterocycles. The summed E-state index contributed by atoms with van der Waals surface area (Å²) in [5.41, 5.74) is 2.42. The van der Waals surface area contributed by atoms with Crippen LogP contribution in [0.4, 0.5) is 0 Å². The quantitative estimate of drug-likeness (QED) is 0.422. The van der Waals surface area contributed by atoms with Crippen molar-refractivity contribution in [2.75, 3.05) is 6.67 Å². The highest BCUT2D eigenvalue weighted by molar-refractivity contribution is 6.36. The highest BCUT2D eigenvalue weighted by Gasteiger charge is 2.24. The SMILES string of the molecule is CC/C(=N\N1CN=C(c2ccc(Oc3ccccc3)cc2)C=C1C1C=CC(Cl)=CC(Cl)=C1)C(=O)O. The second kappa shape index (κ2) is 11.2. The molecule has 1 unspecified atom stereocenters. The molecule has 0 radical (unpaired) electrons. The molecular formula is C27H23Cl2N3O3. The van der Waals surface area contributed by atoms with Crippen LogP contribution >= 0.6 is 23.2 Å². The van der Waals surface area contributed by atoms with E-state index in [9.17, 15) is 9.90 Å². The van der Waals surface area contributed by atoms with Crippen LogP contribution in [0.1, 0.15) is 18.9 Å². The predicted molar refractivity (Wildman–Crippen MR) is 140 cm³/mol. The van der Waals surface area contributed by atoms with Crippen LogP contribution in [0.5, 0.6) is 11.5 Å². The molecule has 0 amide bonds. The fourth-order valence-corrected chi connectivity index (χ4v) is 4.08. The van der Waals surface area contributed by atoms with Crippen molar-refractivity contribution in [1.29, 1.82) is 0 Å². The summed E-state index contributed by atoms with van der Waals surface area (Å²) in [7, 11) is 0. The number of benzene rings is 2.